The predicted octanol–water partition coefficient (Wildman–Crippen LogP) is 5.57. The number of anilines is 1. The molecule has 0 unspecified atom stereocenters. The van der Waals surface area contributed by atoms with Gasteiger partial charge in [-0.1, -0.05) is 41.4 Å². The molecular weight excluding hydrogens is 377 g/mol. The highest BCUT2D eigenvalue weighted by molar-refractivity contribution is 7.80. The molecule has 25 heavy (non-hydrogen) atoms. The van der Waals surface area contributed by atoms with Crippen molar-refractivity contribution in [3.8, 4) is 11.3 Å². The number of rotatable bonds is 4. The van der Waals surface area contributed by atoms with E-state index in [0.29, 0.717) is 26.7 Å². The zero-order valence-corrected chi connectivity index (χ0v) is 15.2. The first-order chi connectivity index (χ1) is 12.1. The fourth-order valence-electron chi connectivity index (χ4n) is 2.09. The third-order valence-electron chi connectivity index (χ3n) is 3.21. The van der Waals surface area contributed by atoms with Crippen LogP contribution in [0.15, 0.2) is 70.2 Å². The Kier molecular flexibility index (Phi) is 5.71. The van der Waals surface area contributed by atoms with Gasteiger partial charge < -0.3 is 9.73 Å². The van der Waals surface area contributed by atoms with E-state index in [1.165, 1.54) is 6.21 Å². The van der Waals surface area contributed by atoms with Gasteiger partial charge in [0.05, 0.1) is 11.2 Å². The summed E-state index contributed by atoms with van der Waals surface area (Å²) in [6.07, 6.45) is 1.53. The van der Waals surface area contributed by atoms with Crippen molar-refractivity contribution >= 4 is 52.4 Å². The maximum Gasteiger partial charge on any atom is 0.191 e. The van der Waals surface area contributed by atoms with Gasteiger partial charge in [0.15, 0.2) is 5.11 Å². The fourth-order valence-corrected chi connectivity index (χ4v) is 2.64. The topological polar surface area (TPSA) is 49.6 Å². The van der Waals surface area contributed by atoms with Crippen LogP contribution in [0, 0.1) is 0 Å². The molecule has 0 aliphatic rings. The molecule has 4 nitrogen and oxygen atoms in total. The van der Waals surface area contributed by atoms with Crippen molar-refractivity contribution in [3.05, 3.63) is 76.5 Å². The minimum Gasteiger partial charge on any atom is -0.455 e. The molecule has 0 radical (unpaired) electrons. The second-order valence-corrected chi connectivity index (χ2v) is 6.27. The van der Waals surface area contributed by atoms with Crippen LogP contribution in [0.3, 0.4) is 0 Å². The van der Waals surface area contributed by atoms with Crippen molar-refractivity contribution in [1.29, 1.82) is 0 Å². The van der Waals surface area contributed by atoms with E-state index >= 15 is 0 Å². The number of thiocarbonyl (C=S) groups is 1. The first kappa shape index (κ1) is 17.5. The van der Waals surface area contributed by atoms with Crippen LogP contribution in [0.2, 0.25) is 10.0 Å². The van der Waals surface area contributed by atoms with E-state index in [1.807, 2.05) is 30.3 Å². The quantitative estimate of drug-likeness (QED) is 0.347. The van der Waals surface area contributed by atoms with Crippen molar-refractivity contribution in [1.82, 2.24) is 5.43 Å². The van der Waals surface area contributed by atoms with E-state index in [4.69, 9.17) is 39.8 Å². The van der Waals surface area contributed by atoms with Crippen molar-refractivity contribution in [2.24, 2.45) is 5.10 Å². The summed E-state index contributed by atoms with van der Waals surface area (Å²) >= 11 is 17.3. The highest BCUT2D eigenvalue weighted by Gasteiger charge is 2.08. The van der Waals surface area contributed by atoms with Crippen LogP contribution in [0.4, 0.5) is 5.69 Å². The molecule has 2 aromatic carbocycles. The van der Waals surface area contributed by atoms with E-state index in [1.54, 1.807) is 30.3 Å². The molecule has 0 fully saturated rings. The number of hydrogen-bond acceptors (Lipinski definition) is 3. The molecule has 0 bridgehead atoms. The van der Waals surface area contributed by atoms with E-state index < -0.39 is 0 Å². The van der Waals surface area contributed by atoms with Gasteiger partial charge in [0, 0.05) is 16.3 Å². The number of furan rings is 1. The molecule has 0 spiro atoms. The van der Waals surface area contributed by atoms with Crippen LogP contribution in [0.1, 0.15) is 5.76 Å². The zero-order valence-electron chi connectivity index (χ0n) is 12.9. The maximum absolute atomic E-state index is 6.17. The standard InChI is InChI=1S/C18H13Cl2N3OS/c19-12-6-8-16(20)15(10-12)17-9-7-14(24-17)11-21-23-18(25)22-13-4-2-1-3-5-13/h1-11H,(H2,22,23,25)/b21-11-. The van der Waals surface area contributed by atoms with Gasteiger partial charge in [-0.25, -0.2) is 0 Å². The van der Waals surface area contributed by atoms with E-state index in [0.717, 1.165) is 11.3 Å². The summed E-state index contributed by atoms with van der Waals surface area (Å²) in [5.74, 6) is 1.17. The first-order valence-electron chi connectivity index (χ1n) is 7.32. The zero-order chi connectivity index (χ0) is 17.6. The lowest BCUT2D eigenvalue weighted by Gasteiger charge is -2.05. The van der Waals surface area contributed by atoms with Gasteiger partial charge in [0.1, 0.15) is 11.5 Å². The van der Waals surface area contributed by atoms with Gasteiger partial charge in [-0.15, -0.1) is 0 Å². The summed E-state index contributed by atoms with van der Waals surface area (Å²) in [4.78, 5) is 0. The van der Waals surface area contributed by atoms with Gasteiger partial charge in [0.2, 0.25) is 0 Å². The molecule has 7 heteroatoms. The lowest BCUT2D eigenvalue weighted by molar-refractivity contribution is 0.574. The molecule has 0 saturated heterocycles. The summed E-state index contributed by atoms with van der Waals surface area (Å²) in [5.41, 5.74) is 4.34. The lowest BCUT2D eigenvalue weighted by Crippen LogP contribution is -2.23. The van der Waals surface area contributed by atoms with Crippen LogP contribution >= 0.6 is 35.4 Å². The Morgan fingerprint density at radius 1 is 1.04 bits per heavy atom. The molecule has 0 aliphatic carbocycles. The molecule has 0 aliphatic heterocycles. The summed E-state index contributed by atoms with van der Waals surface area (Å²) in [5, 5.41) is 8.60. The minimum absolute atomic E-state index is 0.382. The van der Waals surface area contributed by atoms with Crippen LogP contribution in [0.25, 0.3) is 11.3 Å². The van der Waals surface area contributed by atoms with Crippen molar-refractivity contribution in [2.75, 3.05) is 5.32 Å². The molecule has 3 aromatic rings. The number of hydrazone groups is 1. The Morgan fingerprint density at radius 2 is 1.84 bits per heavy atom. The molecule has 2 N–H and O–H groups in total. The summed E-state index contributed by atoms with van der Waals surface area (Å²) < 4.78 is 5.71. The van der Waals surface area contributed by atoms with Crippen molar-refractivity contribution in [3.63, 3.8) is 0 Å². The van der Waals surface area contributed by atoms with Gasteiger partial charge in [0.25, 0.3) is 0 Å². The average Bonchev–Trinajstić information content (AvgIpc) is 3.06. The SMILES string of the molecule is S=C(N/N=C\c1ccc(-c2cc(Cl)ccc2Cl)o1)Nc1ccccc1. The largest absolute Gasteiger partial charge is 0.455 e. The van der Waals surface area contributed by atoms with Gasteiger partial charge >= 0.3 is 0 Å². The van der Waals surface area contributed by atoms with Crippen molar-refractivity contribution < 1.29 is 4.42 Å². The van der Waals surface area contributed by atoms with Crippen molar-refractivity contribution in [2.45, 2.75) is 0 Å². The van der Waals surface area contributed by atoms with Gasteiger partial charge in [-0.2, -0.15) is 5.10 Å². The summed E-state index contributed by atoms with van der Waals surface area (Å²) in [7, 11) is 0. The molecule has 0 atom stereocenters. The van der Waals surface area contributed by atoms with Crippen LogP contribution in [-0.4, -0.2) is 11.3 Å². The van der Waals surface area contributed by atoms with E-state index in [2.05, 4.69) is 15.8 Å². The van der Waals surface area contributed by atoms with Crippen LogP contribution < -0.4 is 10.7 Å². The Bertz CT molecular complexity index is 910. The molecule has 0 saturated carbocycles. The second-order valence-electron chi connectivity index (χ2n) is 5.02. The van der Waals surface area contributed by atoms with Gasteiger partial charge in [-0.05, 0) is 54.7 Å². The third kappa shape index (κ3) is 4.82. The first-order valence-corrected chi connectivity index (χ1v) is 8.48. The number of nitrogens with one attached hydrogen (secondary N) is 2. The Balaban J connectivity index is 1.62. The van der Waals surface area contributed by atoms with Crippen LogP contribution in [0.5, 0.6) is 0 Å². The molecule has 1 aromatic heterocycles. The fraction of sp³-hybridized carbons (Fsp3) is 0. The monoisotopic (exact) mass is 389 g/mol. The highest BCUT2D eigenvalue weighted by atomic mass is 35.5. The molecule has 126 valence electrons. The Morgan fingerprint density at radius 3 is 2.64 bits per heavy atom. The van der Waals surface area contributed by atoms with Gasteiger partial charge in [-0.3, -0.25) is 5.43 Å². The van der Waals surface area contributed by atoms with Crippen LogP contribution in [-0.2, 0) is 0 Å². The number of halogens is 2. The number of hydrogen-bond donors (Lipinski definition) is 2. The maximum atomic E-state index is 6.17. The second kappa shape index (κ2) is 8.16. The molecule has 1 heterocycles. The predicted molar refractivity (Wildman–Crippen MR) is 108 cm³/mol. The minimum atomic E-state index is 0.382. The average molecular weight is 390 g/mol. The lowest BCUT2D eigenvalue weighted by atomic mass is 10.2. The Hall–Kier alpha value is -2.34. The smallest absolute Gasteiger partial charge is 0.191 e. The van der Waals surface area contributed by atoms with E-state index in [-0.39, 0.29) is 0 Å². The van der Waals surface area contributed by atoms with E-state index in [9.17, 15) is 0 Å². The molecule has 0 amide bonds. The normalized spacial score (nSPS) is 10.8. The molecule has 3 rings (SSSR count). The number of nitrogens with zero attached hydrogens (tertiary/aromatic N) is 1. The molecular formula is C18H13Cl2N3OS. The number of benzene rings is 2. The number of para-hydroxylation sites is 1. The summed E-state index contributed by atoms with van der Waals surface area (Å²) in [6.45, 7) is 0. The highest BCUT2D eigenvalue weighted by Crippen LogP contribution is 2.31. The summed E-state index contributed by atoms with van der Waals surface area (Å²) in [6, 6.07) is 18.4. The third-order valence-corrected chi connectivity index (χ3v) is 3.97. The Labute approximate surface area is 160 Å².